The predicted molar refractivity (Wildman–Crippen MR) is 118 cm³/mol. The average Bonchev–Trinajstić information content (AvgIpc) is 2.78. The summed E-state index contributed by atoms with van der Waals surface area (Å²) < 4.78 is 28.3. The topological polar surface area (TPSA) is 108 Å². The van der Waals surface area contributed by atoms with Crippen LogP contribution in [0.25, 0.3) is 0 Å². The Bertz CT molecular complexity index is 1070. The van der Waals surface area contributed by atoms with Crippen LogP contribution in [0.4, 0.5) is 16.2 Å². The molecule has 2 aromatic carbocycles. The minimum atomic E-state index is -3.72. The lowest BCUT2D eigenvalue weighted by molar-refractivity contribution is -0.116. The number of urea groups is 1. The number of aryl methyl sites for hydroxylation is 1. The summed E-state index contributed by atoms with van der Waals surface area (Å²) in [4.78, 5) is 24.0. The molecule has 164 valence electrons. The van der Waals surface area contributed by atoms with Gasteiger partial charge in [0.15, 0.2) is 0 Å². The van der Waals surface area contributed by atoms with Gasteiger partial charge in [0.25, 0.3) is 0 Å². The van der Waals surface area contributed by atoms with Crippen LogP contribution in [0.1, 0.15) is 31.2 Å². The maximum absolute atomic E-state index is 13.4. The van der Waals surface area contributed by atoms with E-state index in [1.54, 1.807) is 30.3 Å². The van der Waals surface area contributed by atoms with Crippen molar-refractivity contribution >= 4 is 33.3 Å². The Kier molecular flexibility index (Phi) is 6.24. The number of nitrogens with one attached hydrogen (secondary N) is 3. The summed E-state index contributed by atoms with van der Waals surface area (Å²) in [6.45, 7) is 0.654. The number of amides is 3. The molecule has 4 rings (SSSR count). The second-order valence-corrected chi connectivity index (χ2v) is 9.72. The largest absolute Gasteiger partial charge is 0.336 e. The van der Waals surface area contributed by atoms with Crippen molar-refractivity contribution in [2.24, 2.45) is 0 Å². The first kappa shape index (κ1) is 21.3. The van der Waals surface area contributed by atoms with Gasteiger partial charge >= 0.3 is 6.03 Å². The van der Waals surface area contributed by atoms with Crippen LogP contribution >= 0.6 is 0 Å². The highest BCUT2D eigenvalue weighted by Gasteiger charge is 2.34. The second kappa shape index (κ2) is 9.07. The Balaban J connectivity index is 1.46. The number of nitrogens with zero attached hydrogens (tertiary/aromatic N) is 1. The van der Waals surface area contributed by atoms with Crippen LogP contribution in [0, 0.1) is 0 Å². The molecule has 9 heteroatoms. The van der Waals surface area contributed by atoms with E-state index in [-0.39, 0.29) is 29.4 Å². The Morgan fingerprint density at radius 2 is 1.90 bits per heavy atom. The van der Waals surface area contributed by atoms with E-state index < -0.39 is 10.0 Å². The normalized spacial score (nSPS) is 19.2. The summed E-state index contributed by atoms with van der Waals surface area (Å²) in [6.07, 6.45) is 3.26. The third-order valence-corrected chi connectivity index (χ3v) is 7.63. The number of fused-ring (bicyclic) bond motifs is 1. The van der Waals surface area contributed by atoms with Crippen molar-refractivity contribution in [3.05, 3.63) is 54.1 Å². The van der Waals surface area contributed by atoms with Gasteiger partial charge in [0.2, 0.25) is 15.9 Å². The summed E-state index contributed by atoms with van der Waals surface area (Å²) in [6, 6.07) is 13.3. The maximum atomic E-state index is 13.4. The van der Waals surface area contributed by atoms with Gasteiger partial charge in [-0.15, -0.1) is 0 Å². The van der Waals surface area contributed by atoms with Gasteiger partial charge in [0, 0.05) is 36.9 Å². The number of hydrogen-bond donors (Lipinski definition) is 3. The number of hydrogen-bond acceptors (Lipinski definition) is 4. The van der Waals surface area contributed by atoms with Crippen LogP contribution in [0.15, 0.2) is 53.4 Å². The molecule has 3 amide bonds. The predicted octanol–water partition coefficient (Wildman–Crippen LogP) is 2.94. The Labute approximate surface area is 182 Å². The molecule has 0 unspecified atom stereocenters. The molecule has 8 nitrogen and oxygen atoms in total. The van der Waals surface area contributed by atoms with Crippen LogP contribution in [-0.2, 0) is 21.2 Å². The van der Waals surface area contributed by atoms with Crippen molar-refractivity contribution in [1.29, 1.82) is 0 Å². The molecule has 0 bridgehead atoms. The Hall–Kier alpha value is -2.91. The molecule has 2 aliphatic rings. The van der Waals surface area contributed by atoms with E-state index in [1.807, 2.05) is 18.2 Å². The molecular weight excluding hydrogens is 416 g/mol. The molecule has 1 fully saturated rings. The molecule has 1 saturated heterocycles. The van der Waals surface area contributed by atoms with Crippen LogP contribution < -0.4 is 16.0 Å². The molecule has 0 spiro atoms. The molecule has 1 atom stereocenters. The van der Waals surface area contributed by atoms with Gasteiger partial charge in [-0.2, -0.15) is 4.31 Å². The fourth-order valence-electron chi connectivity index (χ4n) is 4.06. The number of carbonyl (C=O) groups excluding carboxylic acids is 2. The van der Waals surface area contributed by atoms with Gasteiger partial charge in [-0.25, -0.2) is 13.2 Å². The van der Waals surface area contributed by atoms with E-state index in [9.17, 15) is 18.0 Å². The zero-order chi connectivity index (χ0) is 21.8. The van der Waals surface area contributed by atoms with E-state index in [2.05, 4.69) is 16.0 Å². The third kappa shape index (κ3) is 4.88. The highest BCUT2D eigenvalue weighted by Crippen LogP contribution is 2.30. The van der Waals surface area contributed by atoms with Crippen molar-refractivity contribution in [3.63, 3.8) is 0 Å². The minimum absolute atomic E-state index is 0.0564. The second-order valence-electron chi connectivity index (χ2n) is 7.83. The number of anilines is 2. The molecule has 0 aromatic heterocycles. The van der Waals surface area contributed by atoms with Crippen molar-refractivity contribution in [2.75, 3.05) is 23.7 Å². The average molecular weight is 443 g/mol. The quantitative estimate of drug-likeness (QED) is 0.662. The number of piperidine rings is 1. The summed E-state index contributed by atoms with van der Waals surface area (Å²) in [5.74, 6) is -0.0564. The molecule has 0 aliphatic carbocycles. The minimum Gasteiger partial charge on any atom is -0.336 e. The summed E-state index contributed by atoms with van der Waals surface area (Å²) in [5.41, 5.74) is 2.17. The number of rotatable bonds is 5. The summed E-state index contributed by atoms with van der Waals surface area (Å²) >= 11 is 0. The fraction of sp³-hybridized carbons (Fsp3) is 0.364. The van der Waals surface area contributed by atoms with Gasteiger partial charge in [-0.3, -0.25) is 4.79 Å². The Morgan fingerprint density at radius 3 is 2.71 bits per heavy atom. The highest BCUT2D eigenvalue weighted by molar-refractivity contribution is 7.89. The lowest BCUT2D eigenvalue weighted by Crippen LogP contribution is -2.49. The molecule has 0 radical (unpaired) electrons. The van der Waals surface area contributed by atoms with E-state index in [0.717, 1.165) is 18.4 Å². The standard InChI is InChI=1S/C22H26N4O4S/c27-21-12-9-16-14-19(10-11-20(16)25-21)31(29,30)26-13-5-4-8-18(26)15-23-22(28)24-17-6-2-1-3-7-17/h1-3,6-7,10-11,14,18H,4-5,8-9,12-13,15H2,(H,25,27)(H2,23,24,28)/t18-/m0/s1. The van der Waals surface area contributed by atoms with E-state index in [0.29, 0.717) is 37.2 Å². The number of carbonyl (C=O) groups is 2. The molecule has 2 aliphatic heterocycles. The highest BCUT2D eigenvalue weighted by atomic mass is 32.2. The molecular formula is C22H26N4O4S. The first-order valence-electron chi connectivity index (χ1n) is 10.5. The zero-order valence-electron chi connectivity index (χ0n) is 17.1. The van der Waals surface area contributed by atoms with Crippen molar-refractivity contribution in [3.8, 4) is 0 Å². The zero-order valence-corrected chi connectivity index (χ0v) is 18.0. The van der Waals surface area contributed by atoms with E-state index in [4.69, 9.17) is 0 Å². The summed E-state index contributed by atoms with van der Waals surface area (Å²) in [5, 5.41) is 8.34. The smallest absolute Gasteiger partial charge is 0.319 e. The summed E-state index contributed by atoms with van der Waals surface area (Å²) in [7, 11) is -3.72. The SMILES string of the molecule is O=C1CCc2cc(S(=O)(=O)N3CCCC[C@H]3CNC(=O)Nc3ccccc3)ccc2N1. The lowest BCUT2D eigenvalue weighted by Gasteiger charge is -2.35. The first-order chi connectivity index (χ1) is 14.9. The van der Waals surface area contributed by atoms with Crippen LogP contribution in [-0.4, -0.2) is 43.8 Å². The van der Waals surface area contributed by atoms with Gasteiger partial charge in [0.1, 0.15) is 0 Å². The van der Waals surface area contributed by atoms with Crippen molar-refractivity contribution in [2.45, 2.75) is 43.0 Å². The van der Waals surface area contributed by atoms with Crippen LogP contribution in [0.5, 0.6) is 0 Å². The third-order valence-electron chi connectivity index (χ3n) is 5.68. The Morgan fingerprint density at radius 1 is 1.10 bits per heavy atom. The molecule has 31 heavy (non-hydrogen) atoms. The number of benzene rings is 2. The van der Waals surface area contributed by atoms with E-state index >= 15 is 0 Å². The van der Waals surface area contributed by atoms with Crippen molar-refractivity contribution in [1.82, 2.24) is 9.62 Å². The van der Waals surface area contributed by atoms with E-state index in [1.165, 1.54) is 4.31 Å². The van der Waals surface area contributed by atoms with Crippen LogP contribution in [0.3, 0.4) is 0 Å². The monoisotopic (exact) mass is 442 g/mol. The molecule has 2 heterocycles. The van der Waals surface area contributed by atoms with Gasteiger partial charge < -0.3 is 16.0 Å². The number of sulfonamides is 1. The maximum Gasteiger partial charge on any atom is 0.319 e. The first-order valence-corrected chi connectivity index (χ1v) is 11.9. The van der Waals surface area contributed by atoms with Gasteiger partial charge in [-0.1, -0.05) is 24.6 Å². The molecule has 3 N–H and O–H groups in total. The molecule has 0 saturated carbocycles. The molecule has 2 aromatic rings. The lowest BCUT2D eigenvalue weighted by atomic mass is 10.0. The van der Waals surface area contributed by atoms with Gasteiger partial charge in [0.05, 0.1) is 4.90 Å². The van der Waals surface area contributed by atoms with Crippen LogP contribution in [0.2, 0.25) is 0 Å². The van der Waals surface area contributed by atoms with Crippen molar-refractivity contribution < 1.29 is 18.0 Å². The van der Waals surface area contributed by atoms with Gasteiger partial charge in [-0.05, 0) is 55.2 Å². The fourth-order valence-corrected chi connectivity index (χ4v) is 5.80. The number of para-hydroxylation sites is 1.